The average Bonchev–Trinajstić information content (AvgIpc) is 2.19. The highest BCUT2D eigenvalue weighted by Crippen LogP contribution is 2.36. The molecular weight excluding hydrogens is 172 g/mol. The molecule has 0 aromatic carbocycles. The molecule has 1 unspecified atom stereocenters. The maximum atomic E-state index is 9.45. The quantitative estimate of drug-likeness (QED) is 0.680. The van der Waals surface area contributed by atoms with Crippen LogP contribution < -0.4 is 0 Å². The topological polar surface area (TPSA) is 20.2 Å². The fourth-order valence-electron chi connectivity index (χ4n) is 2.06. The van der Waals surface area contributed by atoms with Crippen molar-refractivity contribution in [2.75, 3.05) is 6.61 Å². The molecular formula is C13H22O. The molecule has 1 N–H and O–H groups in total. The van der Waals surface area contributed by atoms with Gasteiger partial charge >= 0.3 is 0 Å². The Bertz CT molecular complexity index is 223. The minimum Gasteiger partial charge on any atom is -0.396 e. The van der Waals surface area contributed by atoms with E-state index in [1.165, 1.54) is 5.57 Å². The van der Waals surface area contributed by atoms with Crippen molar-refractivity contribution in [1.29, 1.82) is 0 Å². The Morgan fingerprint density at radius 3 is 2.71 bits per heavy atom. The van der Waals surface area contributed by atoms with Crippen molar-refractivity contribution < 1.29 is 5.11 Å². The second kappa shape index (κ2) is 5.35. The van der Waals surface area contributed by atoms with E-state index in [1.54, 1.807) is 0 Å². The maximum absolute atomic E-state index is 9.45. The molecule has 0 heterocycles. The highest BCUT2D eigenvalue weighted by molar-refractivity contribution is 5.00. The average molecular weight is 194 g/mol. The fourth-order valence-corrected chi connectivity index (χ4v) is 2.06. The Labute approximate surface area is 87.5 Å². The summed E-state index contributed by atoms with van der Waals surface area (Å²) in [6.45, 7) is 4.60. The molecule has 0 bridgehead atoms. The summed E-state index contributed by atoms with van der Waals surface area (Å²) in [7, 11) is 0. The van der Waals surface area contributed by atoms with E-state index in [0.29, 0.717) is 6.61 Å². The van der Waals surface area contributed by atoms with E-state index in [1.807, 2.05) is 0 Å². The van der Waals surface area contributed by atoms with Gasteiger partial charge in [0, 0.05) is 6.61 Å². The third kappa shape index (κ3) is 3.30. The van der Waals surface area contributed by atoms with Gasteiger partial charge in [0.1, 0.15) is 0 Å². The minimum atomic E-state index is 0.181. The van der Waals surface area contributed by atoms with Gasteiger partial charge in [-0.3, -0.25) is 0 Å². The summed E-state index contributed by atoms with van der Waals surface area (Å²) >= 11 is 0. The zero-order valence-corrected chi connectivity index (χ0v) is 9.42. The standard InChI is InChI=1S/C13H22O/c1-12(2)7-6-10-13(11-14)8-4-3-5-9-13/h3-4,7,14H,5-6,8-11H2,1-2H3. The Hall–Kier alpha value is -0.560. The molecule has 0 fully saturated rings. The van der Waals surface area contributed by atoms with Gasteiger partial charge in [0.05, 0.1) is 0 Å². The van der Waals surface area contributed by atoms with Gasteiger partial charge in [0.15, 0.2) is 0 Å². The van der Waals surface area contributed by atoms with Crippen molar-refractivity contribution in [2.45, 2.75) is 46.0 Å². The van der Waals surface area contributed by atoms with Crippen LogP contribution in [-0.4, -0.2) is 11.7 Å². The molecule has 1 heteroatoms. The molecule has 80 valence electrons. The fraction of sp³-hybridized carbons (Fsp3) is 0.692. The van der Waals surface area contributed by atoms with Gasteiger partial charge in [-0.2, -0.15) is 0 Å². The molecule has 0 saturated carbocycles. The normalized spacial score (nSPS) is 26.2. The van der Waals surface area contributed by atoms with Crippen LogP contribution >= 0.6 is 0 Å². The lowest BCUT2D eigenvalue weighted by Gasteiger charge is -2.32. The van der Waals surface area contributed by atoms with E-state index in [2.05, 4.69) is 32.1 Å². The largest absolute Gasteiger partial charge is 0.396 e. The van der Waals surface area contributed by atoms with Gasteiger partial charge in [-0.1, -0.05) is 23.8 Å². The molecule has 1 aliphatic rings. The summed E-state index contributed by atoms with van der Waals surface area (Å²) in [5, 5.41) is 9.45. The number of aliphatic hydroxyl groups excluding tert-OH is 1. The molecule has 0 radical (unpaired) electrons. The smallest absolute Gasteiger partial charge is 0.0490 e. The van der Waals surface area contributed by atoms with E-state index in [4.69, 9.17) is 0 Å². The molecule has 1 aliphatic carbocycles. The lowest BCUT2D eigenvalue weighted by Crippen LogP contribution is -2.26. The van der Waals surface area contributed by atoms with Gasteiger partial charge in [-0.25, -0.2) is 0 Å². The lowest BCUT2D eigenvalue weighted by molar-refractivity contribution is 0.105. The molecule has 1 atom stereocenters. The van der Waals surface area contributed by atoms with Crippen molar-refractivity contribution in [3.05, 3.63) is 23.8 Å². The molecule has 0 aromatic heterocycles. The monoisotopic (exact) mass is 194 g/mol. The van der Waals surface area contributed by atoms with Crippen LogP contribution in [0.5, 0.6) is 0 Å². The Balaban J connectivity index is 2.45. The van der Waals surface area contributed by atoms with Gasteiger partial charge in [0.2, 0.25) is 0 Å². The number of rotatable bonds is 4. The van der Waals surface area contributed by atoms with Crippen LogP contribution in [0.2, 0.25) is 0 Å². The molecule has 0 spiro atoms. The summed E-state index contributed by atoms with van der Waals surface area (Å²) in [4.78, 5) is 0. The van der Waals surface area contributed by atoms with Crippen LogP contribution in [0.15, 0.2) is 23.8 Å². The van der Waals surface area contributed by atoms with Crippen LogP contribution in [0.4, 0.5) is 0 Å². The molecule has 0 aromatic rings. The van der Waals surface area contributed by atoms with Gasteiger partial charge in [-0.05, 0) is 51.4 Å². The van der Waals surface area contributed by atoms with Crippen LogP contribution in [0.1, 0.15) is 46.0 Å². The van der Waals surface area contributed by atoms with Gasteiger partial charge in [0.25, 0.3) is 0 Å². The Kier molecular flexibility index (Phi) is 4.40. The first-order chi connectivity index (χ1) is 6.68. The Morgan fingerprint density at radius 2 is 2.21 bits per heavy atom. The van der Waals surface area contributed by atoms with E-state index in [0.717, 1.165) is 32.1 Å². The molecule has 14 heavy (non-hydrogen) atoms. The van der Waals surface area contributed by atoms with Crippen molar-refractivity contribution in [1.82, 2.24) is 0 Å². The number of allylic oxidation sites excluding steroid dienone is 4. The van der Waals surface area contributed by atoms with Crippen LogP contribution in [-0.2, 0) is 0 Å². The van der Waals surface area contributed by atoms with Crippen molar-refractivity contribution in [3.63, 3.8) is 0 Å². The van der Waals surface area contributed by atoms with Gasteiger partial charge in [-0.15, -0.1) is 0 Å². The molecule has 0 amide bonds. The first-order valence-corrected chi connectivity index (χ1v) is 5.58. The zero-order chi connectivity index (χ0) is 10.4. The zero-order valence-electron chi connectivity index (χ0n) is 9.42. The van der Waals surface area contributed by atoms with Crippen LogP contribution in [0.25, 0.3) is 0 Å². The van der Waals surface area contributed by atoms with Crippen molar-refractivity contribution in [3.8, 4) is 0 Å². The predicted octanol–water partition coefficient (Wildman–Crippen LogP) is 3.45. The van der Waals surface area contributed by atoms with Gasteiger partial charge < -0.3 is 5.11 Å². The number of hydrogen-bond acceptors (Lipinski definition) is 1. The van der Waals surface area contributed by atoms with Crippen LogP contribution in [0, 0.1) is 5.41 Å². The first kappa shape index (κ1) is 11.5. The van der Waals surface area contributed by atoms with Crippen LogP contribution in [0.3, 0.4) is 0 Å². The highest BCUT2D eigenvalue weighted by Gasteiger charge is 2.28. The van der Waals surface area contributed by atoms with E-state index >= 15 is 0 Å². The second-order valence-electron chi connectivity index (χ2n) is 4.69. The summed E-state index contributed by atoms with van der Waals surface area (Å²) in [6.07, 6.45) is 12.3. The van der Waals surface area contributed by atoms with E-state index < -0.39 is 0 Å². The first-order valence-electron chi connectivity index (χ1n) is 5.58. The number of aliphatic hydroxyl groups is 1. The SMILES string of the molecule is CC(C)=CCCC1(CO)CC=CCC1. The highest BCUT2D eigenvalue weighted by atomic mass is 16.3. The minimum absolute atomic E-state index is 0.181. The third-order valence-corrected chi connectivity index (χ3v) is 3.12. The third-order valence-electron chi connectivity index (χ3n) is 3.12. The maximum Gasteiger partial charge on any atom is 0.0490 e. The number of hydrogen-bond donors (Lipinski definition) is 1. The molecule has 0 aliphatic heterocycles. The summed E-state index contributed by atoms with van der Waals surface area (Å²) in [6, 6.07) is 0. The van der Waals surface area contributed by atoms with Crippen molar-refractivity contribution in [2.24, 2.45) is 5.41 Å². The second-order valence-corrected chi connectivity index (χ2v) is 4.69. The predicted molar refractivity (Wildman–Crippen MR) is 61.2 cm³/mol. The summed E-state index contributed by atoms with van der Waals surface area (Å²) < 4.78 is 0. The molecule has 1 rings (SSSR count). The lowest BCUT2D eigenvalue weighted by atomic mass is 9.74. The van der Waals surface area contributed by atoms with E-state index in [9.17, 15) is 5.11 Å². The molecule has 0 saturated heterocycles. The summed E-state index contributed by atoms with van der Waals surface area (Å²) in [5.74, 6) is 0. The summed E-state index contributed by atoms with van der Waals surface area (Å²) in [5.41, 5.74) is 1.56. The van der Waals surface area contributed by atoms with E-state index in [-0.39, 0.29) is 5.41 Å². The Morgan fingerprint density at radius 1 is 1.43 bits per heavy atom. The van der Waals surface area contributed by atoms with Crippen molar-refractivity contribution >= 4 is 0 Å². The molecule has 1 nitrogen and oxygen atoms in total.